The molecule has 0 N–H and O–H groups in total. The van der Waals surface area contributed by atoms with Gasteiger partial charge in [0.15, 0.2) is 0 Å². The van der Waals surface area contributed by atoms with Crippen LogP contribution >= 0.6 is 0 Å². The van der Waals surface area contributed by atoms with Gasteiger partial charge in [0, 0.05) is 6.20 Å². The zero-order valence-electron chi connectivity index (χ0n) is 7.23. The van der Waals surface area contributed by atoms with Crippen LogP contribution in [-0.2, 0) is 12.6 Å². The summed E-state index contributed by atoms with van der Waals surface area (Å²) in [6.07, 6.45) is -2.05. The second-order valence-corrected chi connectivity index (χ2v) is 2.76. The van der Waals surface area contributed by atoms with Crippen molar-refractivity contribution in [2.24, 2.45) is 0 Å². The fourth-order valence-corrected chi connectivity index (χ4v) is 1.16. The first kappa shape index (κ1) is 10.0. The van der Waals surface area contributed by atoms with Gasteiger partial charge in [-0.05, 0) is 18.1 Å². The molecule has 1 rings (SSSR count). The first-order valence-electron chi connectivity index (χ1n) is 4.06. The van der Waals surface area contributed by atoms with Gasteiger partial charge < -0.3 is 0 Å². The molecular formula is C9H10F3N. The third-order valence-corrected chi connectivity index (χ3v) is 1.68. The third kappa shape index (κ3) is 2.44. The maximum Gasteiger partial charge on any atom is 0.433 e. The highest BCUT2D eigenvalue weighted by Gasteiger charge is 2.34. The van der Waals surface area contributed by atoms with E-state index in [9.17, 15) is 13.2 Å². The Hall–Kier alpha value is -1.06. The number of hydrogen-bond donors (Lipinski definition) is 0. The molecule has 0 aliphatic carbocycles. The van der Waals surface area contributed by atoms with E-state index in [-0.39, 0.29) is 5.56 Å². The number of pyridine rings is 1. The summed E-state index contributed by atoms with van der Waals surface area (Å²) in [6, 6.07) is 3.00. The Balaban J connectivity index is 3.05. The maximum absolute atomic E-state index is 12.3. The topological polar surface area (TPSA) is 12.9 Å². The minimum Gasteiger partial charge on any atom is -0.252 e. The van der Waals surface area contributed by atoms with Crippen LogP contribution in [0.5, 0.6) is 0 Å². The lowest BCUT2D eigenvalue weighted by Gasteiger charge is -2.09. The van der Waals surface area contributed by atoms with Gasteiger partial charge in [-0.3, -0.25) is 4.98 Å². The quantitative estimate of drug-likeness (QED) is 0.696. The lowest BCUT2D eigenvalue weighted by atomic mass is 10.1. The summed E-state index contributed by atoms with van der Waals surface area (Å²) in [6.45, 7) is 1.84. The maximum atomic E-state index is 12.3. The lowest BCUT2D eigenvalue weighted by molar-refractivity contribution is -0.141. The van der Waals surface area contributed by atoms with Crippen LogP contribution in [0.2, 0.25) is 0 Å². The Morgan fingerprint density at radius 1 is 1.38 bits per heavy atom. The summed E-state index contributed by atoms with van der Waals surface area (Å²) in [5, 5.41) is 0. The van der Waals surface area contributed by atoms with Crippen LogP contribution in [0.3, 0.4) is 0 Å². The highest BCUT2D eigenvalue weighted by atomic mass is 19.4. The van der Waals surface area contributed by atoms with E-state index in [1.165, 1.54) is 18.3 Å². The Morgan fingerprint density at radius 2 is 2.08 bits per heavy atom. The predicted molar refractivity (Wildman–Crippen MR) is 43.2 cm³/mol. The second-order valence-electron chi connectivity index (χ2n) is 2.76. The smallest absolute Gasteiger partial charge is 0.252 e. The van der Waals surface area contributed by atoms with Crippen LogP contribution < -0.4 is 0 Å². The van der Waals surface area contributed by atoms with Gasteiger partial charge in [0.25, 0.3) is 0 Å². The molecule has 0 spiro atoms. The summed E-state index contributed by atoms with van der Waals surface area (Å²) in [7, 11) is 0. The van der Waals surface area contributed by atoms with E-state index in [4.69, 9.17) is 0 Å². The molecule has 0 aliphatic heterocycles. The molecule has 0 unspecified atom stereocenters. The van der Waals surface area contributed by atoms with E-state index in [0.717, 1.165) is 0 Å². The van der Waals surface area contributed by atoms with Crippen molar-refractivity contribution in [3.05, 3.63) is 29.6 Å². The Kier molecular flexibility index (Phi) is 2.90. The second kappa shape index (κ2) is 3.77. The molecule has 1 aromatic rings. The largest absolute Gasteiger partial charge is 0.433 e. The normalized spacial score (nSPS) is 11.7. The van der Waals surface area contributed by atoms with Crippen LogP contribution in [0.1, 0.15) is 24.6 Å². The first-order chi connectivity index (χ1) is 6.05. The van der Waals surface area contributed by atoms with E-state index >= 15 is 0 Å². The SMILES string of the molecule is CCCc1cccnc1C(F)(F)F. The highest BCUT2D eigenvalue weighted by molar-refractivity contribution is 5.22. The van der Waals surface area contributed by atoms with Crippen molar-refractivity contribution in [1.29, 1.82) is 0 Å². The highest BCUT2D eigenvalue weighted by Crippen LogP contribution is 2.30. The molecule has 1 aromatic heterocycles. The molecular weight excluding hydrogens is 179 g/mol. The van der Waals surface area contributed by atoms with Gasteiger partial charge in [-0.2, -0.15) is 13.2 Å². The molecule has 4 heteroatoms. The molecule has 0 radical (unpaired) electrons. The fourth-order valence-electron chi connectivity index (χ4n) is 1.16. The molecule has 0 aliphatic rings. The first-order valence-corrected chi connectivity index (χ1v) is 4.06. The molecule has 0 aromatic carbocycles. The number of aromatic nitrogens is 1. The molecule has 72 valence electrons. The van der Waals surface area contributed by atoms with Gasteiger partial charge >= 0.3 is 6.18 Å². The number of aryl methyl sites for hydroxylation is 1. The Bertz CT molecular complexity index is 280. The van der Waals surface area contributed by atoms with Crippen LogP contribution in [0.4, 0.5) is 13.2 Å². The number of nitrogens with zero attached hydrogens (tertiary/aromatic N) is 1. The van der Waals surface area contributed by atoms with Gasteiger partial charge in [-0.1, -0.05) is 19.4 Å². The van der Waals surface area contributed by atoms with Crippen molar-refractivity contribution in [2.75, 3.05) is 0 Å². The average Bonchev–Trinajstić information content (AvgIpc) is 2.04. The van der Waals surface area contributed by atoms with Gasteiger partial charge in [-0.15, -0.1) is 0 Å². The lowest BCUT2D eigenvalue weighted by Crippen LogP contribution is -2.11. The standard InChI is InChI=1S/C9H10F3N/c1-2-4-7-5-3-6-13-8(7)9(10,11)12/h3,5-6H,2,4H2,1H3. The molecule has 0 saturated carbocycles. The van der Waals surface area contributed by atoms with Gasteiger partial charge in [-0.25, -0.2) is 0 Å². The molecule has 0 bridgehead atoms. The van der Waals surface area contributed by atoms with Gasteiger partial charge in [0.2, 0.25) is 0 Å². The summed E-state index contributed by atoms with van der Waals surface area (Å²) in [4.78, 5) is 3.34. The molecule has 0 saturated heterocycles. The average molecular weight is 189 g/mol. The zero-order chi connectivity index (χ0) is 9.90. The Morgan fingerprint density at radius 3 is 2.62 bits per heavy atom. The molecule has 0 fully saturated rings. The molecule has 1 heterocycles. The minimum atomic E-state index is -4.33. The van der Waals surface area contributed by atoms with Crippen LogP contribution in [0.15, 0.2) is 18.3 Å². The van der Waals surface area contributed by atoms with Crippen molar-refractivity contribution in [3.8, 4) is 0 Å². The van der Waals surface area contributed by atoms with Crippen LogP contribution in [0, 0.1) is 0 Å². The Labute approximate surface area is 74.6 Å². The summed E-state index contributed by atoms with van der Waals surface area (Å²) in [5.74, 6) is 0. The summed E-state index contributed by atoms with van der Waals surface area (Å²) >= 11 is 0. The number of hydrogen-bond acceptors (Lipinski definition) is 1. The van der Waals surface area contributed by atoms with Crippen molar-refractivity contribution >= 4 is 0 Å². The van der Waals surface area contributed by atoms with Crippen LogP contribution in [0.25, 0.3) is 0 Å². The number of alkyl halides is 3. The monoisotopic (exact) mass is 189 g/mol. The van der Waals surface area contributed by atoms with Crippen molar-refractivity contribution in [3.63, 3.8) is 0 Å². The van der Waals surface area contributed by atoms with E-state index in [2.05, 4.69) is 4.98 Å². The predicted octanol–water partition coefficient (Wildman–Crippen LogP) is 3.05. The van der Waals surface area contributed by atoms with E-state index < -0.39 is 11.9 Å². The zero-order valence-corrected chi connectivity index (χ0v) is 7.23. The minimum absolute atomic E-state index is 0.275. The molecule has 0 atom stereocenters. The number of rotatable bonds is 2. The van der Waals surface area contributed by atoms with Gasteiger partial charge in [0.1, 0.15) is 5.69 Å². The summed E-state index contributed by atoms with van der Waals surface area (Å²) < 4.78 is 36.9. The van der Waals surface area contributed by atoms with Crippen molar-refractivity contribution < 1.29 is 13.2 Å². The van der Waals surface area contributed by atoms with E-state index in [1.807, 2.05) is 6.92 Å². The fraction of sp³-hybridized carbons (Fsp3) is 0.444. The number of halogens is 3. The van der Waals surface area contributed by atoms with Crippen molar-refractivity contribution in [2.45, 2.75) is 25.9 Å². The van der Waals surface area contributed by atoms with E-state index in [0.29, 0.717) is 12.8 Å². The van der Waals surface area contributed by atoms with E-state index in [1.54, 1.807) is 0 Å². The summed E-state index contributed by atoms with van der Waals surface area (Å²) in [5.41, 5.74) is -0.477. The van der Waals surface area contributed by atoms with Crippen molar-refractivity contribution in [1.82, 2.24) is 4.98 Å². The molecule has 1 nitrogen and oxygen atoms in total. The van der Waals surface area contributed by atoms with Crippen LogP contribution in [-0.4, -0.2) is 4.98 Å². The third-order valence-electron chi connectivity index (χ3n) is 1.68. The molecule has 0 amide bonds. The van der Waals surface area contributed by atoms with Gasteiger partial charge in [0.05, 0.1) is 0 Å². The molecule has 13 heavy (non-hydrogen) atoms.